The van der Waals surface area contributed by atoms with Crippen LogP contribution in [-0.2, 0) is 9.59 Å². The molecular weight excluding hydrogens is 456 g/mol. The van der Waals surface area contributed by atoms with E-state index in [1.165, 1.54) is 25.7 Å². The monoisotopic (exact) mass is 484 g/mol. The summed E-state index contributed by atoms with van der Waals surface area (Å²) >= 11 is 7.56. The van der Waals surface area contributed by atoms with E-state index in [9.17, 15) is 9.59 Å². The summed E-state index contributed by atoms with van der Waals surface area (Å²) in [6.07, 6.45) is 6.78. The molecule has 12 unspecified atom stereocenters. The Morgan fingerprint density at radius 3 is 1.46 bits per heavy atom. The summed E-state index contributed by atoms with van der Waals surface area (Å²) < 4.78 is 0. The third kappa shape index (κ3) is 2.39. The summed E-state index contributed by atoms with van der Waals surface area (Å²) in [5, 5.41) is 0. The minimum atomic E-state index is 0.229. The number of rotatable bonds is 0. The normalized spacial score (nSPS) is 58.8. The highest BCUT2D eigenvalue weighted by Crippen LogP contribution is 2.65. The van der Waals surface area contributed by atoms with Crippen LogP contribution >= 0.6 is 31.9 Å². The molecule has 2 nitrogen and oxygen atoms in total. The van der Waals surface area contributed by atoms with Gasteiger partial charge in [-0.05, 0) is 74.0 Å². The molecule has 5 aliphatic carbocycles. The van der Waals surface area contributed by atoms with Crippen molar-refractivity contribution in [2.24, 2.45) is 59.2 Å². The second-order valence-electron chi connectivity index (χ2n) is 10.1. The molecule has 0 amide bonds. The van der Waals surface area contributed by atoms with Crippen LogP contribution in [0.25, 0.3) is 0 Å². The maximum absolute atomic E-state index is 13.4. The second kappa shape index (κ2) is 6.40. The predicted molar refractivity (Wildman–Crippen MR) is 109 cm³/mol. The highest BCUT2D eigenvalue weighted by Gasteiger charge is 2.66. The fraction of sp³-hybridized carbons (Fsp3) is 0.909. The van der Waals surface area contributed by atoms with Crippen LogP contribution in [0.1, 0.15) is 52.4 Å². The third-order valence-corrected chi connectivity index (χ3v) is 10.9. The first-order valence-corrected chi connectivity index (χ1v) is 12.6. The van der Waals surface area contributed by atoms with Crippen LogP contribution < -0.4 is 0 Å². The van der Waals surface area contributed by atoms with Crippen molar-refractivity contribution in [1.29, 1.82) is 0 Å². The van der Waals surface area contributed by atoms with Crippen molar-refractivity contribution in [2.75, 3.05) is 0 Å². The Bertz CT molecular complexity index is 580. The van der Waals surface area contributed by atoms with Gasteiger partial charge in [0.25, 0.3) is 0 Å². The number of ketones is 2. The Kier molecular flexibility index (Phi) is 4.52. The molecule has 144 valence electrons. The first kappa shape index (κ1) is 18.3. The fourth-order valence-corrected chi connectivity index (χ4v) is 9.73. The molecule has 12 atom stereocenters. The first-order valence-electron chi connectivity index (χ1n) is 10.8. The van der Waals surface area contributed by atoms with E-state index in [0.717, 1.165) is 12.8 Å². The molecule has 26 heavy (non-hydrogen) atoms. The number of hydrogen-bond acceptors (Lipinski definition) is 2. The smallest absolute Gasteiger partial charge is 0.139 e. The van der Waals surface area contributed by atoms with E-state index < -0.39 is 0 Å². The zero-order valence-corrected chi connectivity index (χ0v) is 18.9. The molecular formula is C22H30Br2O2. The number of alkyl halides is 2. The minimum Gasteiger partial charge on any atom is -0.299 e. The van der Waals surface area contributed by atoms with Gasteiger partial charge >= 0.3 is 0 Å². The Hall–Kier alpha value is 0.300. The van der Waals surface area contributed by atoms with Crippen LogP contribution in [0.15, 0.2) is 0 Å². The number of carbonyl (C=O) groups is 2. The van der Waals surface area contributed by atoms with E-state index in [-0.39, 0.29) is 23.7 Å². The molecule has 0 saturated heterocycles. The average molecular weight is 486 g/mol. The maximum atomic E-state index is 13.4. The molecule has 0 heterocycles. The largest absolute Gasteiger partial charge is 0.299 e. The van der Waals surface area contributed by atoms with Crippen molar-refractivity contribution in [3.63, 3.8) is 0 Å². The van der Waals surface area contributed by atoms with Crippen LogP contribution in [-0.4, -0.2) is 21.2 Å². The van der Waals surface area contributed by atoms with Crippen LogP contribution in [0, 0.1) is 59.2 Å². The topological polar surface area (TPSA) is 34.1 Å². The molecule has 0 aromatic heterocycles. The van der Waals surface area contributed by atoms with E-state index in [0.29, 0.717) is 56.7 Å². The van der Waals surface area contributed by atoms with Crippen molar-refractivity contribution < 1.29 is 9.59 Å². The summed E-state index contributed by atoms with van der Waals surface area (Å²) in [6, 6.07) is 0. The summed E-state index contributed by atoms with van der Waals surface area (Å²) in [4.78, 5) is 27.9. The second-order valence-corrected chi connectivity index (χ2v) is 12.7. The summed E-state index contributed by atoms with van der Waals surface area (Å²) in [6.45, 7) is 4.66. The van der Waals surface area contributed by atoms with E-state index >= 15 is 0 Å². The van der Waals surface area contributed by atoms with Crippen LogP contribution in [0.3, 0.4) is 0 Å². The maximum Gasteiger partial charge on any atom is 0.139 e. The minimum absolute atomic E-state index is 0.229. The van der Waals surface area contributed by atoms with Crippen LogP contribution in [0.4, 0.5) is 0 Å². The number of fused-ring (bicyclic) bond motifs is 6. The van der Waals surface area contributed by atoms with Crippen molar-refractivity contribution >= 4 is 43.4 Å². The number of hydrogen-bond donors (Lipinski definition) is 0. The summed E-state index contributed by atoms with van der Waals surface area (Å²) in [7, 11) is 0. The van der Waals surface area contributed by atoms with Gasteiger partial charge in [0, 0.05) is 33.3 Å². The van der Waals surface area contributed by atoms with E-state index in [1.807, 2.05) is 0 Å². The van der Waals surface area contributed by atoms with Crippen LogP contribution in [0.5, 0.6) is 0 Å². The molecule has 5 rings (SSSR count). The van der Waals surface area contributed by atoms with Crippen molar-refractivity contribution in [1.82, 2.24) is 0 Å². The molecule has 5 saturated carbocycles. The Morgan fingerprint density at radius 1 is 0.692 bits per heavy atom. The molecule has 0 aromatic carbocycles. The lowest BCUT2D eigenvalue weighted by Gasteiger charge is -2.47. The predicted octanol–water partition coefficient (Wildman–Crippen LogP) is 5.26. The lowest BCUT2D eigenvalue weighted by Crippen LogP contribution is -2.46. The van der Waals surface area contributed by atoms with Gasteiger partial charge in [0.05, 0.1) is 0 Å². The standard InChI is InChI=1S/C22H30Br2O2/c1-9-17-13-5-3-11(23)7-15(13)22(26)20(17)10(2)18-14-6-4-12(24)8-16(14)21(25)19(9)18/h9-20H,3-8H2,1-2H3. The third-order valence-electron chi connectivity index (χ3n) is 9.23. The number of carbonyl (C=O) groups excluding carboxylic acids is 2. The van der Waals surface area contributed by atoms with Gasteiger partial charge < -0.3 is 0 Å². The van der Waals surface area contributed by atoms with Gasteiger partial charge in [0.2, 0.25) is 0 Å². The lowest BCUT2D eigenvalue weighted by atomic mass is 9.56. The molecule has 5 aliphatic rings. The van der Waals surface area contributed by atoms with Gasteiger partial charge in [-0.15, -0.1) is 0 Å². The molecule has 0 spiro atoms. The SMILES string of the molecule is CC1C2C(=O)C3CC(Br)CCC3C2C(C)C2C(=O)C3CC(Br)CCC3C12. The zero-order valence-electron chi connectivity index (χ0n) is 15.7. The Morgan fingerprint density at radius 2 is 1.08 bits per heavy atom. The molecule has 0 radical (unpaired) electrons. The van der Waals surface area contributed by atoms with Crippen molar-refractivity contribution in [3.05, 3.63) is 0 Å². The first-order chi connectivity index (χ1) is 12.4. The molecule has 0 aromatic rings. The highest BCUT2D eigenvalue weighted by molar-refractivity contribution is 9.09. The molecule has 4 heteroatoms. The molecule has 0 N–H and O–H groups in total. The van der Waals surface area contributed by atoms with Gasteiger partial charge in [-0.25, -0.2) is 0 Å². The summed E-state index contributed by atoms with van der Waals surface area (Å²) in [5.41, 5.74) is 0. The van der Waals surface area contributed by atoms with Crippen LogP contribution in [0.2, 0.25) is 0 Å². The Balaban J connectivity index is 1.51. The van der Waals surface area contributed by atoms with Crippen molar-refractivity contribution in [2.45, 2.75) is 62.0 Å². The highest BCUT2D eigenvalue weighted by atomic mass is 79.9. The molecule has 5 fully saturated rings. The van der Waals surface area contributed by atoms with Gasteiger partial charge in [-0.1, -0.05) is 45.7 Å². The van der Waals surface area contributed by atoms with Gasteiger partial charge in [0.1, 0.15) is 11.6 Å². The molecule has 0 aliphatic heterocycles. The lowest BCUT2D eigenvalue weighted by molar-refractivity contribution is -0.134. The fourth-order valence-electron chi connectivity index (χ4n) is 8.40. The number of Topliss-reactive ketones (excluding diaryl/α,β-unsaturated/α-hetero) is 2. The summed E-state index contributed by atoms with van der Waals surface area (Å²) in [5.74, 6) is 4.92. The van der Waals surface area contributed by atoms with Crippen molar-refractivity contribution in [3.8, 4) is 0 Å². The average Bonchev–Trinajstić information content (AvgIpc) is 3.06. The zero-order chi connectivity index (χ0) is 18.3. The molecule has 0 bridgehead atoms. The van der Waals surface area contributed by atoms with Gasteiger partial charge in [-0.3, -0.25) is 9.59 Å². The Labute approximate surface area is 173 Å². The van der Waals surface area contributed by atoms with E-state index in [2.05, 4.69) is 45.7 Å². The van der Waals surface area contributed by atoms with E-state index in [4.69, 9.17) is 0 Å². The van der Waals surface area contributed by atoms with Gasteiger partial charge in [-0.2, -0.15) is 0 Å². The quantitative estimate of drug-likeness (QED) is 0.438. The van der Waals surface area contributed by atoms with Gasteiger partial charge in [0.15, 0.2) is 0 Å². The number of halogens is 2. The van der Waals surface area contributed by atoms with E-state index in [1.54, 1.807) is 0 Å².